The third-order valence-corrected chi connectivity index (χ3v) is 4.15. The van der Waals surface area contributed by atoms with Gasteiger partial charge in [0.15, 0.2) is 11.6 Å². The van der Waals surface area contributed by atoms with Gasteiger partial charge in [-0.3, -0.25) is 4.79 Å². The first-order valence-electron chi connectivity index (χ1n) is 8.04. The van der Waals surface area contributed by atoms with Gasteiger partial charge in [0.2, 0.25) is 0 Å². The van der Waals surface area contributed by atoms with Crippen molar-refractivity contribution in [3.05, 3.63) is 47.8 Å². The topological polar surface area (TPSA) is 61.4 Å². The van der Waals surface area contributed by atoms with Crippen molar-refractivity contribution in [1.29, 1.82) is 0 Å². The zero-order valence-electron chi connectivity index (χ0n) is 13.6. The molecule has 126 valence electrons. The van der Waals surface area contributed by atoms with Crippen LogP contribution in [0.15, 0.2) is 36.4 Å². The maximum atomic E-state index is 13.6. The van der Waals surface area contributed by atoms with Crippen LogP contribution in [0.1, 0.15) is 17.3 Å². The van der Waals surface area contributed by atoms with Crippen molar-refractivity contribution < 1.29 is 9.18 Å². The fourth-order valence-electron chi connectivity index (χ4n) is 2.68. The zero-order valence-corrected chi connectivity index (χ0v) is 13.6. The molecule has 1 amide bonds. The number of benzene rings is 1. The largest absolute Gasteiger partial charge is 0.353 e. The highest BCUT2D eigenvalue weighted by Crippen LogP contribution is 2.15. The minimum Gasteiger partial charge on any atom is -0.353 e. The van der Waals surface area contributed by atoms with E-state index in [1.54, 1.807) is 18.2 Å². The summed E-state index contributed by atoms with van der Waals surface area (Å²) in [6.07, 6.45) is 0. The van der Waals surface area contributed by atoms with Crippen LogP contribution in [-0.4, -0.2) is 53.7 Å². The molecule has 1 aliphatic rings. The van der Waals surface area contributed by atoms with Gasteiger partial charge in [0.05, 0.1) is 5.56 Å². The van der Waals surface area contributed by atoms with Crippen molar-refractivity contribution in [1.82, 2.24) is 15.1 Å². The smallest absolute Gasteiger partial charge is 0.259 e. The Bertz CT molecular complexity index is 698. The predicted molar refractivity (Wildman–Crippen MR) is 90.7 cm³/mol. The lowest BCUT2D eigenvalue weighted by atomic mass is 10.2. The highest BCUT2D eigenvalue weighted by Gasteiger charge is 2.17. The number of hydrogen-bond donors (Lipinski definition) is 1. The number of amides is 1. The van der Waals surface area contributed by atoms with Crippen molar-refractivity contribution in [2.45, 2.75) is 6.92 Å². The van der Waals surface area contributed by atoms with Crippen LogP contribution in [0.25, 0.3) is 0 Å². The molecule has 0 saturated carbocycles. The molecule has 1 aromatic heterocycles. The van der Waals surface area contributed by atoms with Crippen molar-refractivity contribution in [2.75, 3.05) is 42.9 Å². The van der Waals surface area contributed by atoms with Crippen LogP contribution in [0.2, 0.25) is 0 Å². The van der Waals surface area contributed by atoms with Crippen LogP contribution in [-0.2, 0) is 0 Å². The first kappa shape index (κ1) is 16.3. The van der Waals surface area contributed by atoms with Crippen molar-refractivity contribution in [2.24, 2.45) is 0 Å². The first-order valence-corrected chi connectivity index (χ1v) is 8.04. The minimum atomic E-state index is -0.562. The van der Waals surface area contributed by atoms with Crippen molar-refractivity contribution >= 4 is 17.5 Å². The van der Waals surface area contributed by atoms with E-state index < -0.39 is 11.7 Å². The molecule has 0 aliphatic carbocycles. The van der Waals surface area contributed by atoms with Crippen LogP contribution in [0.5, 0.6) is 0 Å². The molecule has 7 heteroatoms. The molecule has 1 aromatic carbocycles. The molecule has 3 rings (SSSR count). The SMILES string of the molecule is CCN1CCN(c2ccc(NC(=O)c3ccccc3F)nn2)CC1. The first-order chi connectivity index (χ1) is 11.7. The van der Waals surface area contributed by atoms with Gasteiger partial charge in [-0.05, 0) is 30.8 Å². The van der Waals surface area contributed by atoms with E-state index in [1.807, 2.05) is 6.07 Å². The molecule has 0 radical (unpaired) electrons. The molecule has 6 nitrogen and oxygen atoms in total. The molecule has 0 spiro atoms. The average molecular weight is 329 g/mol. The molecule has 0 bridgehead atoms. The summed E-state index contributed by atoms with van der Waals surface area (Å²) in [6.45, 7) is 7.03. The summed E-state index contributed by atoms with van der Waals surface area (Å²) in [6, 6.07) is 9.35. The molecule has 1 N–H and O–H groups in total. The van der Waals surface area contributed by atoms with E-state index in [-0.39, 0.29) is 5.56 Å². The highest BCUT2D eigenvalue weighted by molar-refractivity contribution is 6.03. The van der Waals surface area contributed by atoms with Gasteiger partial charge in [-0.2, -0.15) is 0 Å². The number of halogens is 1. The predicted octanol–water partition coefficient (Wildman–Crippen LogP) is 2.01. The Balaban J connectivity index is 1.63. The number of likely N-dealkylation sites (N-methyl/N-ethyl adjacent to an activating group) is 1. The third kappa shape index (κ3) is 3.68. The lowest BCUT2D eigenvalue weighted by molar-refractivity contribution is 0.102. The van der Waals surface area contributed by atoms with Gasteiger partial charge in [-0.15, -0.1) is 10.2 Å². The summed E-state index contributed by atoms with van der Waals surface area (Å²) in [5.41, 5.74) is -0.0148. The number of carbonyl (C=O) groups excluding carboxylic acids is 1. The Kier molecular flexibility index (Phi) is 5.00. The van der Waals surface area contributed by atoms with Gasteiger partial charge < -0.3 is 15.1 Å². The fraction of sp³-hybridized carbons (Fsp3) is 0.353. The Labute approximate surface area is 140 Å². The molecular weight excluding hydrogens is 309 g/mol. The van der Waals surface area contributed by atoms with E-state index in [0.29, 0.717) is 5.82 Å². The Morgan fingerprint density at radius 1 is 1.12 bits per heavy atom. The summed E-state index contributed by atoms with van der Waals surface area (Å²) >= 11 is 0. The van der Waals surface area contributed by atoms with E-state index in [2.05, 4.69) is 32.2 Å². The van der Waals surface area contributed by atoms with Crippen molar-refractivity contribution in [3.8, 4) is 0 Å². The lowest BCUT2D eigenvalue weighted by Crippen LogP contribution is -2.46. The van der Waals surface area contributed by atoms with E-state index in [9.17, 15) is 9.18 Å². The summed E-state index contributed by atoms with van der Waals surface area (Å²) < 4.78 is 13.6. The summed E-state index contributed by atoms with van der Waals surface area (Å²) in [5.74, 6) is -0.00562. The van der Waals surface area contributed by atoms with Crippen LogP contribution < -0.4 is 10.2 Å². The number of nitrogens with zero attached hydrogens (tertiary/aromatic N) is 4. The van der Waals surface area contributed by atoms with E-state index in [0.717, 1.165) is 38.5 Å². The number of hydrogen-bond acceptors (Lipinski definition) is 5. The van der Waals surface area contributed by atoms with Crippen LogP contribution >= 0.6 is 0 Å². The molecule has 0 atom stereocenters. The Morgan fingerprint density at radius 3 is 2.50 bits per heavy atom. The van der Waals surface area contributed by atoms with Gasteiger partial charge in [0, 0.05) is 26.2 Å². The van der Waals surface area contributed by atoms with E-state index >= 15 is 0 Å². The molecular formula is C17H20FN5O. The standard InChI is InChI=1S/C17H20FN5O/c1-2-22-9-11-23(12-10-22)16-8-7-15(20-21-16)19-17(24)13-5-3-4-6-14(13)18/h3-8H,2,9-12H2,1H3,(H,19,20,24). The molecule has 2 heterocycles. The van der Waals surface area contributed by atoms with Gasteiger partial charge in [-0.1, -0.05) is 19.1 Å². The summed E-state index contributed by atoms with van der Waals surface area (Å²) in [5, 5.41) is 10.8. The average Bonchev–Trinajstić information content (AvgIpc) is 2.63. The minimum absolute atomic E-state index is 0.0148. The van der Waals surface area contributed by atoms with Crippen LogP contribution in [0.4, 0.5) is 16.0 Å². The molecule has 2 aromatic rings. The maximum Gasteiger partial charge on any atom is 0.259 e. The van der Waals surface area contributed by atoms with Gasteiger partial charge in [-0.25, -0.2) is 4.39 Å². The number of carbonyl (C=O) groups is 1. The maximum absolute atomic E-state index is 13.6. The second-order valence-corrected chi connectivity index (χ2v) is 5.63. The van der Waals surface area contributed by atoms with Crippen LogP contribution in [0, 0.1) is 5.82 Å². The van der Waals surface area contributed by atoms with Crippen LogP contribution in [0.3, 0.4) is 0 Å². The van der Waals surface area contributed by atoms with E-state index in [4.69, 9.17) is 0 Å². The number of aromatic nitrogens is 2. The molecule has 0 unspecified atom stereocenters. The van der Waals surface area contributed by atoms with Gasteiger partial charge >= 0.3 is 0 Å². The van der Waals surface area contributed by atoms with Gasteiger partial charge in [0.25, 0.3) is 5.91 Å². The number of anilines is 2. The van der Waals surface area contributed by atoms with Gasteiger partial charge in [0.1, 0.15) is 5.82 Å². The lowest BCUT2D eigenvalue weighted by Gasteiger charge is -2.34. The van der Waals surface area contributed by atoms with E-state index in [1.165, 1.54) is 12.1 Å². The Hall–Kier alpha value is -2.54. The highest BCUT2D eigenvalue weighted by atomic mass is 19.1. The summed E-state index contributed by atoms with van der Waals surface area (Å²) in [7, 11) is 0. The number of nitrogens with one attached hydrogen (secondary N) is 1. The molecule has 1 fully saturated rings. The van der Waals surface area contributed by atoms with Crippen molar-refractivity contribution in [3.63, 3.8) is 0 Å². The summed E-state index contributed by atoms with van der Waals surface area (Å²) in [4.78, 5) is 16.6. The second-order valence-electron chi connectivity index (χ2n) is 5.63. The molecule has 24 heavy (non-hydrogen) atoms. The molecule has 1 saturated heterocycles. The zero-order chi connectivity index (χ0) is 16.9. The monoisotopic (exact) mass is 329 g/mol. The Morgan fingerprint density at radius 2 is 1.88 bits per heavy atom. The fourth-order valence-corrected chi connectivity index (χ4v) is 2.68. The normalized spacial score (nSPS) is 15.3. The second kappa shape index (κ2) is 7.35. The quantitative estimate of drug-likeness (QED) is 0.930. The molecule has 1 aliphatic heterocycles. The number of piperazine rings is 1. The third-order valence-electron chi connectivity index (χ3n) is 4.15. The number of rotatable bonds is 4.